The largest absolute Gasteiger partial charge is 0.396 e. The highest BCUT2D eigenvalue weighted by Crippen LogP contribution is 2.25. The first kappa shape index (κ1) is 30.2. The van der Waals surface area contributed by atoms with Gasteiger partial charge in [0, 0.05) is 53.2 Å². The smallest absolute Gasteiger partial charge is 0.256 e. The fourth-order valence-corrected chi connectivity index (χ4v) is 4.44. The summed E-state index contributed by atoms with van der Waals surface area (Å²) >= 11 is 7.56. The van der Waals surface area contributed by atoms with Crippen molar-refractivity contribution in [3.05, 3.63) is 63.3 Å². The van der Waals surface area contributed by atoms with Crippen LogP contribution in [0.3, 0.4) is 0 Å². The lowest BCUT2D eigenvalue weighted by atomic mass is 9.93. The maximum absolute atomic E-state index is 14.0. The van der Waals surface area contributed by atoms with Gasteiger partial charge < -0.3 is 14.7 Å². The molecule has 1 aromatic rings. The summed E-state index contributed by atoms with van der Waals surface area (Å²) in [6.07, 6.45) is 14.3. The molecule has 1 heterocycles. The number of aromatic nitrogens is 1. The molecule has 1 amide bonds. The second-order valence-corrected chi connectivity index (χ2v) is 11.4. The van der Waals surface area contributed by atoms with Crippen LogP contribution < -0.4 is 0 Å². The second-order valence-electron chi connectivity index (χ2n) is 9.81. The molecule has 36 heavy (non-hydrogen) atoms. The first-order valence-electron chi connectivity index (χ1n) is 12.5. The first-order chi connectivity index (χ1) is 17.1. The number of carbonyl (C=O) groups excluding carboxylic acids is 2. The summed E-state index contributed by atoms with van der Waals surface area (Å²) in [4.78, 5) is 34.0. The topological polar surface area (TPSA) is 79.7 Å². The number of allylic oxidation sites excluding steroid dienone is 6. The molecule has 0 saturated carbocycles. The first-order valence-corrected chi connectivity index (χ1v) is 13.7. The molecular weight excluding hydrogens is 496 g/mol. The number of halogens is 1. The highest BCUT2D eigenvalue weighted by molar-refractivity contribution is 7.13. The van der Waals surface area contributed by atoms with Crippen molar-refractivity contribution in [2.24, 2.45) is 11.3 Å². The molecule has 1 aromatic heterocycles. The van der Waals surface area contributed by atoms with Gasteiger partial charge in [-0.1, -0.05) is 64.4 Å². The number of aliphatic hydroxyl groups excluding tert-OH is 1. The second kappa shape index (κ2) is 14.6. The van der Waals surface area contributed by atoms with Gasteiger partial charge in [-0.15, -0.1) is 11.3 Å². The molecule has 8 heteroatoms. The summed E-state index contributed by atoms with van der Waals surface area (Å²) in [5.74, 6) is -0.460. The Balaban J connectivity index is 2.38. The third-order valence-corrected chi connectivity index (χ3v) is 7.14. The molecule has 1 aliphatic rings. The minimum absolute atomic E-state index is 0.0861. The molecule has 2 rings (SSSR count). The summed E-state index contributed by atoms with van der Waals surface area (Å²) in [5, 5.41) is 11.0. The number of thiazole rings is 1. The van der Waals surface area contributed by atoms with Crippen LogP contribution in [-0.4, -0.2) is 52.5 Å². The number of aryl methyl sites for hydroxylation is 1. The van der Waals surface area contributed by atoms with Gasteiger partial charge in [0.25, 0.3) is 5.91 Å². The van der Waals surface area contributed by atoms with E-state index in [0.717, 1.165) is 17.7 Å². The molecular formula is C28H39ClN2O4S. The number of hydrogen-bond donors (Lipinski definition) is 1. The fraction of sp³-hybridized carbons (Fsp3) is 0.536. The van der Waals surface area contributed by atoms with Crippen molar-refractivity contribution in [2.75, 3.05) is 19.8 Å². The van der Waals surface area contributed by atoms with E-state index >= 15 is 0 Å². The Morgan fingerprint density at radius 1 is 1.33 bits per heavy atom. The predicted molar refractivity (Wildman–Crippen MR) is 147 cm³/mol. The lowest BCUT2D eigenvalue weighted by Crippen LogP contribution is -2.46. The molecule has 198 valence electrons. The maximum atomic E-state index is 14.0. The summed E-state index contributed by atoms with van der Waals surface area (Å²) in [7, 11) is 0. The monoisotopic (exact) mass is 534 g/mol. The molecule has 1 aliphatic carbocycles. The molecule has 2 atom stereocenters. The lowest BCUT2D eigenvalue weighted by Gasteiger charge is -2.34. The van der Waals surface area contributed by atoms with Crippen molar-refractivity contribution < 1.29 is 19.4 Å². The van der Waals surface area contributed by atoms with Crippen LogP contribution in [0.25, 0.3) is 0 Å². The summed E-state index contributed by atoms with van der Waals surface area (Å²) in [6, 6.07) is 0. The van der Waals surface area contributed by atoms with Crippen LogP contribution in [0.2, 0.25) is 0 Å². The summed E-state index contributed by atoms with van der Waals surface area (Å²) in [5.41, 5.74) is 0.0703. The molecule has 0 aliphatic heterocycles. The van der Waals surface area contributed by atoms with Crippen LogP contribution in [0.4, 0.5) is 0 Å². The molecule has 6 nitrogen and oxygen atoms in total. The number of rotatable bonds is 14. The fourth-order valence-electron chi connectivity index (χ4n) is 3.48. The van der Waals surface area contributed by atoms with Gasteiger partial charge in [0.1, 0.15) is 6.10 Å². The van der Waals surface area contributed by atoms with E-state index in [9.17, 15) is 14.7 Å². The van der Waals surface area contributed by atoms with Crippen molar-refractivity contribution in [2.45, 2.75) is 66.4 Å². The number of amides is 1. The number of nitrogens with zero attached hydrogens (tertiary/aromatic N) is 2. The van der Waals surface area contributed by atoms with Crippen LogP contribution >= 0.6 is 22.9 Å². The number of aliphatic hydroxyl groups is 1. The van der Waals surface area contributed by atoms with Gasteiger partial charge in [-0.05, 0) is 37.0 Å². The highest BCUT2D eigenvalue weighted by atomic mass is 35.5. The minimum Gasteiger partial charge on any atom is -0.396 e. The summed E-state index contributed by atoms with van der Waals surface area (Å²) in [6.45, 7) is 10.3. The highest BCUT2D eigenvalue weighted by Gasteiger charge is 2.33. The molecule has 0 spiro atoms. The van der Waals surface area contributed by atoms with Gasteiger partial charge in [0.05, 0.1) is 6.61 Å². The van der Waals surface area contributed by atoms with E-state index in [1.807, 2.05) is 45.9 Å². The zero-order chi connectivity index (χ0) is 26.7. The Labute approximate surface area is 224 Å². The zero-order valence-corrected chi connectivity index (χ0v) is 23.6. The average Bonchev–Trinajstić information content (AvgIpc) is 3.25. The number of hydrogen-bond acceptors (Lipinski definition) is 6. The zero-order valence-electron chi connectivity index (χ0n) is 22.0. The van der Waals surface area contributed by atoms with Gasteiger partial charge in [0.2, 0.25) is 0 Å². The molecule has 0 aromatic carbocycles. The standard InChI is InChI=1S/C28H39ClN2O4S/c1-6-8-10-20(3)17-35-25(15-24(33)26-30-16-23(7-2)36-26)27(34)31(18-28(4,5)19-32)22-12-9-11-21(29)13-14-22/h8-10,12-14,16,20,25,32H,6-7,11,15,17-19H2,1-5H3/b10-8-/t20-,25-/m1/s1. The predicted octanol–water partition coefficient (Wildman–Crippen LogP) is 6.08. The van der Waals surface area contributed by atoms with E-state index in [1.54, 1.807) is 23.2 Å². The minimum atomic E-state index is -0.990. The van der Waals surface area contributed by atoms with Crippen LogP contribution in [0.1, 0.15) is 68.6 Å². The molecule has 0 fully saturated rings. The lowest BCUT2D eigenvalue weighted by molar-refractivity contribution is -0.143. The van der Waals surface area contributed by atoms with E-state index in [-0.39, 0.29) is 37.2 Å². The van der Waals surface area contributed by atoms with E-state index in [0.29, 0.717) is 28.8 Å². The van der Waals surface area contributed by atoms with Crippen molar-refractivity contribution >= 4 is 34.6 Å². The number of ketones is 1. The Morgan fingerprint density at radius 2 is 2.08 bits per heavy atom. The van der Waals surface area contributed by atoms with Crippen LogP contribution in [0.5, 0.6) is 0 Å². The van der Waals surface area contributed by atoms with Crippen LogP contribution in [-0.2, 0) is 16.0 Å². The van der Waals surface area contributed by atoms with Gasteiger partial charge >= 0.3 is 0 Å². The van der Waals surface area contributed by atoms with Crippen molar-refractivity contribution in [3.8, 4) is 0 Å². The Hall–Kier alpha value is -2.06. The Kier molecular flexibility index (Phi) is 12.3. The third kappa shape index (κ3) is 9.43. The van der Waals surface area contributed by atoms with Crippen molar-refractivity contribution in [3.63, 3.8) is 0 Å². The normalized spacial score (nSPS) is 15.9. The van der Waals surface area contributed by atoms with Gasteiger partial charge in [-0.3, -0.25) is 9.59 Å². The molecule has 1 N–H and O–H groups in total. The molecule has 0 unspecified atom stereocenters. The quantitative estimate of drug-likeness (QED) is 0.231. The maximum Gasteiger partial charge on any atom is 0.256 e. The average molecular weight is 535 g/mol. The third-order valence-electron chi connectivity index (χ3n) is 5.68. The van der Waals surface area contributed by atoms with E-state index in [1.165, 1.54) is 11.3 Å². The van der Waals surface area contributed by atoms with E-state index in [4.69, 9.17) is 16.3 Å². The van der Waals surface area contributed by atoms with Gasteiger partial charge in [-0.25, -0.2) is 4.98 Å². The van der Waals surface area contributed by atoms with E-state index < -0.39 is 11.5 Å². The van der Waals surface area contributed by atoms with Gasteiger partial charge in [0.15, 0.2) is 10.8 Å². The molecule has 0 bridgehead atoms. The summed E-state index contributed by atoms with van der Waals surface area (Å²) < 4.78 is 6.12. The number of carbonyl (C=O) groups is 2. The van der Waals surface area contributed by atoms with Crippen molar-refractivity contribution in [1.29, 1.82) is 0 Å². The van der Waals surface area contributed by atoms with Crippen molar-refractivity contribution in [1.82, 2.24) is 9.88 Å². The molecule has 0 saturated heterocycles. The Bertz CT molecular complexity index is 1010. The SMILES string of the molecule is CC/C=C\[C@@H](C)CO[C@H](CC(=O)c1ncc(CC)s1)C(=O)N(CC(C)(C)CO)C1=CC=C(Cl)CC=C1. The number of Topliss-reactive ketones (excluding diaryl/α,β-unsaturated/α-hetero) is 1. The molecule has 0 radical (unpaired) electrons. The van der Waals surface area contributed by atoms with Gasteiger partial charge in [-0.2, -0.15) is 0 Å². The van der Waals surface area contributed by atoms with Crippen LogP contribution in [0.15, 0.2) is 53.4 Å². The Morgan fingerprint density at radius 3 is 2.72 bits per heavy atom. The number of ether oxygens (including phenoxy) is 1. The van der Waals surface area contributed by atoms with E-state index in [2.05, 4.69) is 18.0 Å². The van der Waals surface area contributed by atoms with Crippen LogP contribution in [0, 0.1) is 11.3 Å².